The summed E-state index contributed by atoms with van der Waals surface area (Å²) in [6.45, 7) is 3.88. The van der Waals surface area contributed by atoms with Gasteiger partial charge in [-0.1, -0.05) is 31.2 Å². The molecule has 26 heavy (non-hydrogen) atoms. The Bertz CT molecular complexity index is 868. The fourth-order valence-electron chi connectivity index (χ4n) is 3.63. The first kappa shape index (κ1) is 17.7. The minimum Gasteiger partial charge on any atom is -0.508 e. The minimum absolute atomic E-state index is 0.104. The number of fused-ring (bicyclic) bond motifs is 3. The molecule has 0 spiro atoms. The van der Waals surface area contributed by atoms with Gasteiger partial charge in [0.2, 0.25) is 0 Å². The fourth-order valence-corrected chi connectivity index (χ4v) is 3.63. The van der Waals surface area contributed by atoms with Crippen LogP contribution in [0.4, 0.5) is 4.79 Å². The van der Waals surface area contributed by atoms with E-state index >= 15 is 0 Å². The number of carbonyl (C=O) groups is 2. The van der Waals surface area contributed by atoms with Gasteiger partial charge in [0.05, 0.1) is 5.41 Å². The summed E-state index contributed by atoms with van der Waals surface area (Å²) in [7, 11) is 0. The highest BCUT2D eigenvalue weighted by molar-refractivity contribution is 6.10. The number of rotatable bonds is 5. The summed E-state index contributed by atoms with van der Waals surface area (Å²) in [5, 5.41) is 9.40. The predicted molar refractivity (Wildman–Crippen MR) is 99.0 cm³/mol. The molecule has 0 saturated carbocycles. The molecule has 5 nitrogen and oxygen atoms in total. The molecular formula is C21H21NO4. The highest BCUT2D eigenvalue weighted by atomic mass is 16.6. The van der Waals surface area contributed by atoms with Gasteiger partial charge >= 0.3 is 6.09 Å². The van der Waals surface area contributed by atoms with Gasteiger partial charge in [-0.15, -0.1) is 0 Å². The van der Waals surface area contributed by atoms with E-state index in [-0.39, 0.29) is 11.5 Å². The van der Waals surface area contributed by atoms with E-state index in [9.17, 15) is 14.7 Å². The maximum absolute atomic E-state index is 12.8. The number of phenolic OH excluding ortho intramolecular Hbond substituents is 1. The van der Waals surface area contributed by atoms with Gasteiger partial charge in [-0.25, -0.2) is 4.79 Å². The second kappa shape index (κ2) is 6.67. The molecule has 0 radical (unpaired) electrons. The van der Waals surface area contributed by atoms with Gasteiger partial charge in [0.25, 0.3) is 0 Å². The number of carbonyl (C=O) groups excluding carboxylic acids is 2. The summed E-state index contributed by atoms with van der Waals surface area (Å²) in [6.07, 6.45) is 0.825. The first-order chi connectivity index (χ1) is 12.4. The quantitative estimate of drug-likeness (QED) is 0.633. The Balaban J connectivity index is 2.07. The highest BCUT2D eigenvalue weighted by Gasteiger charge is 2.44. The molecule has 5 heteroatoms. The van der Waals surface area contributed by atoms with Crippen LogP contribution in [0.15, 0.2) is 54.6 Å². The predicted octanol–water partition coefficient (Wildman–Crippen LogP) is 3.80. The van der Waals surface area contributed by atoms with E-state index in [1.165, 1.54) is 12.1 Å². The van der Waals surface area contributed by atoms with Crippen LogP contribution in [0.2, 0.25) is 0 Å². The summed E-state index contributed by atoms with van der Waals surface area (Å²) < 4.78 is 5.38. The number of ketones is 1. The third-order valence-electron chi connectivity index (χ3n) is 5.06. The average molecular weight is 351 g/mol. The fraction of sp³-hybridized carbons (Fsp3) is 0.238. The van der Waals surface area contributed by atoms with Crippen LogP contribution < -0.4 is 5.73 Å². The Morgan fingerprint density at radius 2 is 1.77 bits per heavy atom. The van der Waals surface area contributed by atoms with Crippen LogP contribution in [0.25, 0.3) is 5.57 Å². The van der Waals surface area contributed by atoms with Crippen molar-refractivity contribution in [2.24, 2.45) is 5.73 Å². The lowest BCUT2D eigenvalue weighted by Gasteiger charge is -2.42. The number of nitrogens with two attached hydrogens (primary N) is 1. The number of ether oxygens (including phenoxy) is 1. The molecule has 2 aromatic carbocycles. The van der Waals surface area contributed by atoms with Crippen molar-refractivity contribution in [1.82, 2.24) is 0 Å². The molecule has 0 aromatic heterocycles. The van der Waals surface area contributed by atoms with Gasteiger partial charge in [0, 0.05) is 5.56 Å². The van der Waals surface area contributed by atoms with Crippen molar-refractivity contribution in [3.63, 3.8) is 0 Å². The summed E-state index contributed by atoms with van der Waals surface area (Å²) in [5.41, 5.74) is 7.74. The zero-order valence-corrected chi connectivity index (χ0v) is 14.7. The second-order valence-electron chi connectivity index (χ2n) is 6.58. The summed E-state index contributed by atoms with van der Waals surface area (Å²) in [6, 6.07) is 14.0. The van der Waals surface area contributed by atoms with E-state index in [1.807, 2.05) is 38.1 Å². The van der Waals surface area contributed by atoms with Crippen LogP contribution in [-0.4, -0.2) is 23.1 Å². The lowest BCUT2D eigenvalue weighted by molar-refractivity contribution is 0.0721. The molecule has 0 heterocycles. The molecule has 2 atom stereocenters. The van der Waals surface area contributed by atoms with Gasteiger partial charge in [-0.3, -0.25) is 4.79 Å². The van der Waals surface area contributed by atoms with Crippen LogP contribution in [0, 0.1) is 0 Å². The van der Waals surface area contributed by atoms with E-state index in [0.29, 0.717) is 12.0 Å². The molecule has 1 amide bonds. The maximum atomic E-state index is 12.8. The monoisotopic (exact) mass is 351 g/mol. The Labute approximate surface area is 152 Å². The van der Waals surface area contributed by atoms with E-state index in [2.05, 4.69) is 0 Å². The molecule has 134 valence electrons. The smallest absolute Gasteiger partial charge is 0.404 e. The van der Waals surface area contributed by atoms with Crippen LogP contribution in [0.3, 0.4) is 0 Å². The lowest BCUT2D eigenvalue weighted by atomic mass is 9.64. The number of hydrogen-bond acceptors (Lipinski definition) is 4. The normalized spacial score (nSPS) is 20.8. The van der Waals surface area contributed by atoms with Crippen molar-refractivity contribution in [3.8, 4) is 5.75 Å². The summed E-state index contributed by atoms with van der Waals surface area (Å²) >= 11 is 0. The summed E-state index contributed by atoms with van der Waals surface area (Å²) in [5.74, 6) is -0.0740. The lowest BCUT2D eigenvalue weighted by Crippen LogP contribution is -2.43. The standard InChI is InChI=1S/C21H21NO4/c1-3-19(26-20(22)25)21(2)15-8-4-13(5-9-15)17(21)12-18(24)14-6-10-16(23)11-7-14/h4-12,19,23H,3H2,1-2H3,(H2,22,25)/b17-12+. The van der Waals surface area contributed by atoms with E-state index in [0.717, 1.165) is 16.7 Å². The summed E-state index contributed by atoms with van der Waals surface area (Å²) in [4.78, 5) is 24.1. The van der Waals surface area contributed by atoms with Crippen molar-refractivity contribution >= 4 is 17.4 Å². The zero-order chi connectivity index (χ0) is 18.9. The molecule has 2 bridgehead atoms. The molecule has 4 rings (SSSR count). The molecule has 0 saturated heterocycles. The number of phenols is 1. The Hall–Kier alpha value is -3.08. The van der Waals surface area contributed by atoms with E-state index < -0.39 is 17.6 Å². The van der Waals surface area contributed by atoms with Gasteiger partial charge < -0.3 is 15.6 Å². The van der Waals surface area contributed by atoms with Crippen LogP contribution in [-0.2, 0) is 10.2 Å². The largest absolute Gasteiger partial charge is 0.508 e. The number of primary amides is 1. The third kappa shape index (κ3) is 2.96. The van der Waals surface area contributed by atoms with Crippen molar-refractivity contribution < 1.29 is 19.4 Å². The molecule has 0 fully saturated rings. The molecule has 0 aliphatic heterocycles. The zero-order valence-electron chi connectivity index (χ0n) is 14.7. The number of hydrogen-bond donors (Lipinski definition) is 2. The Morgan fingerprint density at radius 3 is 2.31 bits per heavy atom. The Morgan fingerprint density at radius 1 is 1.15 bits per heavy atom. The van der Waals surface area contributed by atoms with Crippen molar-refractivity contribution in [2.75, 3.05) is 0 Å². The van der Waals surface area contributed by atoms with Crippen molar-refractivity contribution in [2.45, 2.75) is 31.8 Å². The van der Waals surface area contributed by atoms with Gasteiger partial charge in [-0.05, 0) is 60.4 Å². The molecule has 2 unspecified atom stereocenters. The van der Waals surface area contributed by atoms with Gasteiger partial charge in [0.15, 0.2) is 5.78 Å². The number of allylic oxidation sites excluding steroid dienone is 1. The Kier molecular flexibility index (Phi) is 4.55. The molecular weight excluding hydrogens is 330 g/mol. The van der Waals surface area contributed by atoms with Crippen LogP contribution in [0.1, 0.15) is 41.8 Å². The van der Waals surface area contributed by atoms with E-state index in [4.69, 9.17) is 10.5 Å². The minimum atomic E-state index is -0.831. The molecule has 2 aliphatic rings. The first-order valence-corrected chi connectivity index (χ1v) is 8.48. The molecule has 2 aromatic rings. The number of aromatic hydroxyl groups is 1. The number of amides is 1. The van der Waals surface area contributed by atoms with Crippen LogP contribution in [0.5, 0.6) is 5.75 Å². The van der Waals surface area contributed by atoms with Gasteiger partial charge in [-0.2, -0.15) is 0 Å². The number of benzene rings is 2. The average Bonchev–Trinajstić information content (AvgIpc) is 2.63. The first-order valence-electron chi connectivity index (χ1n) is 8.48. The topological polar surface area (TPSA) is 89.6 Å². The van der Waals surface area contributed by atoms with Crippen molar-refractivity contribution in [1.29, 1.82) is 0 Å². The van der Waals surface area contributed by atoms with Gasteiger partial charge in [0.1, 0.15) is 11.9 Å². The van der Waals surface area contributed by atoms with E-state index in [1.54, 1.807) is 18.2 Å². The molecule has 2 aliphatic carbocycles. The van der Waals surface area contributed by atoms with Crippen LogP contribution >= 0.6 is 0 Å². The SMILES string of the molecule is CCC(OC(N)=O)C1(C)/C(=C/C(=O)c2ccc(O)cc2)c2ccc1cc2. The highest BCUT2D eigenvalue weighted by Crippen LogP contribution is 2.47. The maximum Gasteiger partial charge on any atom is 0.404 e. The third-order valence-corrected chi connectivity index (χ3v) is 5.06. The molecule has 3 N–H and O–H groups in total. The second-order valence-corrected chi connectivity index (χ2v) is 6.58. The van der Waals surface area contributed by atoms with Crippen molar-refractivity contribution in [3.05, 3.63) is 71.3 Å².